The van der Waals surface area contributed by atoms with E-state index in [9.17, 15) is 4.39 Å². The molecule has 2 heterocycles. The Morgan fingerprint density at radius 3 is 2.92 bits per heavy atom. The molecule has 25 heavy (non-hydrogen) atoms. The molecule has 0 spiro atoms. The second kappa shape index (κ2) is 6.64. The Hall–Kier alpha value is -2.73. The molecule has 0 unspecified atom stereocenters. The second-order valence-corrected chi connectivity index (χ2v) is 6.67. The van der Waals surface area contributed by atoms with E-state index >= 15 is 0 Å². The van der Waals surface area contributed by atoms with Gasteiger partial charge >= 0.3 is 0 Å². The summed E-state index contributed by atoms with van der Waals surface area (Å²) in [6.45, 7) is 3.01. The Morgan fingerprint density at radius 1 is 1.20 bits per heavy atom. The monoisotopic (exact) mass is 353 g/mol. The molecule has 0 aliphatic rings. The second-order valence-electron chi connectivity index (χ2n) is 5.64. The van der Waals surface area contributed by atoms with Gasteiger partial charge in [-0.1, -0.05) is 30.4 Å². The van der Waals surface area contributed by atoms with E-state index in [2.05, 4.69) is 22.2 Å². The van der Waals surface area contributed by atoms with Gasteiger partial charge in [-0.05, 0) is 36.8 Å². The molecule has 0 aliphatic carbocycles. The molecular formula is C19H16FN3OS. The summed E-state index contributed by atoms with van der Waals surface area (Å²) in [4.78, 5) is 8.79. The number of thiazole rings is 1. The smallest absolute Gasteiger partial charge is 0.183 e. The van der Waals surface area contributed by atoms with Crippen LogP contribution in [-0.4, -0.2) is 16.5 Å². The maximum atomic E-state index is 14.1. The van der Waals surface area contributed by atoms with Crippen LogP contribution < -0.4 is 5.32 Å². The van der Waals surface area contributed by atoms with E-state index in [0.717, 1.165) is 33.9 Å². The lowest BCUT2D eigenvalue weighted by Crippen LogP contribution is -1.98. The van der Waals surface area contributed by atoms with Crippen LogP contribution in [0.3, 0.4) is 0 Å². The third kappa shape index (κ3) is 3.00. The van der Waals surface area contributed by atoms with Crippen molar-refractivity contribution in [2.24, 2.45) is 0 Å². The van der Waals surface area contributed by atoms with Crippen molar-refractivity contribution >= 4 is 26.7 Å². The lowest BCUT2D eigenvalue weighted by atomic mass is 10.1. The molecule has 0 radical (unpaired) electrons. The third-order valence-electron chi connectivity index (χ3n) is 3.87. The number of benzene rings is 2. The molecule has 2 aromatic carbocycles. The number of hydrogen-bond donors (Lipinski definition) is 1. The van der Waals surface area contributed by atoms with Gasteiger partial charge in [0.1, 0.15) is 11.5 Å². The Balaban J connectivity index is 1.76. The maximum absolute atomic E-state index is 14.1. The zero-order chi connectivity index (χ0) is 17.2. The lowest BCUT2D eigenvalue weighted by molar-refractivity contribution is 0.572. The summed E-state index contributed by atoms with van der Waals surface area (Å²) < 4.78 is 20.7. The molecule has 0 saturated heterocycles. The van der Waals surface area contributed by atoms with Crippen molar-refractivity contribution in [3.8, 4) is 22.6 Å². The average molecular weight is 353 g/mol. The molecule has 4 aromatic rings. The minimum Gasteiger partial charge on any atom is -0.443 e. The molecule has 2 aromatic heterocycles. The van der Waals surface area contributed by atoms with Gasteiger partial charge in [0.15, 0.2) is 17.3 Å². The van der Waals surface area contributed by atoms with Crippen LogP contribution in [0.5, 0.6) is 0 Å². The highest BCUT2D eigenvalue weighted by Gasteiger charge is 2.17. The molecule has 0 fully saturated rings. The SMILES string of the molecule is CCCNc1nc2ccc(-c3ocnc3-c3ccccc3F)cc2s1. The van der Waals surface area contributed by atoms with E-state index in [1.54, 1.807) is 29.5 Å². The van der Waals surface area contributed by atoms with Crippen molar-refractivity contribution in [3.05, 3.63) is 54.7 Å². The summed E-state index contributed by atoms with van der Waals surface area (Å²) in [6.07, 6.45) is 2.40. The van der Waals surface area contributed by atoms with Crippen molar-refractivity contribution in [3.63, 3.8) is 0 Å². The van der Waals surface area contributed by atoms with Gasteiger partial charge in [-0.2, -0.15) is 0 Å². The predicted octanol–water partition coefficient (Wildman–Crippen LogP) is 5.58. The molecule has 126 valence electrons. The Labute approximate surface area is 148 Å². The van der Waals surface area contributed by atoms with Crippen LogP contribution in [0.15, 0.2) is 53.3 Å². The molecule has 6 heteroatoms. The van der Waals surface area contributed by atoms with Crippen molar-refractivity contribution in [2.75, 3.05) is 11.9 Å². The topological polar surface area (TPSA) is 51.0 Å². The molecule has 0 aliphatic heterocycles. The van der Waals surface area contributed by atoms with Crippen LogP contribution in [-0.2, 0) is 0 Å². The Morgan fingerprint density at radius 2 is 2.08 bits per heavy atom. The maximum Gasteiger partial charge on any atom is 0.183 e. The van der Waals surface area contributed by atoms with Crippen molar-refractivity contribution < 1.29 is 8.81 Å². The fourth-order valence-corrected chi connectivity index (χ4v) is 3.60. The van der Waals surface area contributed by atoms with Crippen molar-refractivity contribution in [2.45, 2.75) is 13.3 Å². The number of halogens is 1. The molecule has 1 N–H and O–H groups in total. The predicted molar refractivity (Wildman–Crippen MR) is 99.3 cm³/mol. The van der Waals surface area contributed by atoms with Gasteiger partial charge in [0, 0.05) is 17.7 Å². The highest BCUT2D eigenvalue weighted by atomic mass is 32.1. The quantitative estimate of drug-likeness (QED) is 0.509. The molecule has 0 bridgehead atoms. The van der Waals surface area contributed by atoms with Gasteiger partial charge in [-0.15, -0.1) is 0 Å². The average Bonchev–Trinajstić information content (AvgIpc) is 3.26. The number of anilines is 1. The zero-order valence-electron chi connectivity index (χ0n) is 13.6. The van der Waals surface area contributed by atoms with Crippen LogP contribution >= 0.6 is 11.3 Å². The number of nitrogens with zero attached hydrogens (tertiary/aromatic N) is 2. The lowest BCUT2D eigenvalue weighted by Gasteiger charge is -2.03. The number of nitrogens with one attached hydrogen (secondary N) is 1. The first-order valence-electron chi connectivity index (χ1n) is 8.09. The molecule has 0 atom stereocenters. The third-order valence-corrected chi connectivity index (χ3v) is 4.85. The Kier molecular flexibility index (Phi) is 4.19. The van der Waals surface area contributed by atoms with Crippen molar-refractivity contribution in [1.29, 1.82) is 0 Å². The summed E-state index contributed by atoms with van der Waals surface area (Å²) in [5, 5.41) is 4.21. The van der Waals surface area contributed by atoms with E-state index in [1.807, 2.05) is 18.2 Å². The molecular weight excluding hydrogens is 337 g/mol. The van der Waals surface area contributed by atoms with E-state index < -0.39 is 0 Å². The largest absolute Gasteiger partial charge is 0.443 e. The number of aromatic nitrogens is 2. The van der Waals surface area contributed by atoms with Crippen LogP contribution in [0, 0.1) is 5.82 Å². The normalized spacial score (nSPS) is 11.1. The summed E-state index contributed by atoms with van der Waals surface area (Å²) in [5.74, 6) is 0.242. The highest BCUT2D eigenvalue weighted by Crippen LogP contribution is 2.35. The number of oxazole rings is 1. The van der Waals surface area contributed by atoms with Crippen molar-refractivity contribution in [1.82, 2.24) is 9.97 Å². The summed E-state index contributed by atoms with van der Waals surface area (Å²) >= 11 is 1.60. The standard InChI is InChI=1S/C19H16FN3OS/c1-2-9-21-19-23-15-8-7-12(10-16(15)25-19)18-17(22-11-24-18)13-5-3-4-6-14(13)20/h3-8,10-11H,2,9H2,1H3,(H,21,23). The van der Waals surface area contributed by atoms with Gasteiger partial charge in [-0.25, -0.2) is 14.4 Å². The van der Waals surface area contributed by atoms with Crippen LogP contribution in [0.4, 0.5) is 9.52 Å². The summed E-state index contributed by atoms with van der Waals surface area (Å²) in [6, 6.07) is 12.5. The molecule has 4 rings (SSSR count). The Bertz CT molecular complexity index is 1020. The fraction of sp³-hybridized carbons (Fsp3) is 0.158. The van der Waals surface area contributed by atoms with E-state index in [4.69, 9.17) is 4.42 Å². The van der Waals surface area contributed by atoms with E-state index in [-0.39, 0.29) is 5.82 Å². The fourth-order valence-electron chi connectivity index (χ4n) is 2.67. The minimum absolute atomic E-state index is 0.317. The van der Waals surface area contributed by atoms with Gasteiger partial charge in [0.2, 0.25) is 0 Å². The van der Waals surface area contributed by atoms with E-state index in [1.165, 1.54) is 12.5 Å². The first-order chi connectivity index (χ1) is 12.3. The summed E-state index contributed by atoms with van der Waals surface area (Å²) in [5.41, 5.74) is 2.72. The first kappa shape index (κ1) is 15.8. The van der Waals surface area contributed by atoms with Crippen LogP contribution in [0.25, 0.3) is 32.8 Å². The molecule has 0 saturated carbocycles. The molecule has 4 nitrogen and oxygen atoms in total. The van der Waals surface area contributed by atoms with Gasteiger partial charge in [0.25, 0.3) is 0 Å². The highest BCUT2D eigenvalue weighted by molar-refractivity contribution is 7.22. The molecule has 0 amide bonds. The zero-order valence-corrected chi connectivity index (χ0v) is 14.4. The van der Waals surface area contributed by atoms with Crippen LogP contribution in [0.2, 0.25) is 0 Å². The van der Waals surface area contributed by atoms with Gasteiger partial charge in [-0.3, -0.25) is 0 Å². The number of fused-ring (bicyclic) bond motifs is 1. The summed E-state index contributed by atoms with van der Waals surface area (Å²) in [7, 11) is 0. The van der Waals surface area contributed by atoms with Gasteiger partial charge in [0.05, 0.1) is 10.2 Å². The van der Waals surface area contributed by atoms with Gasteiger partial charge < -0.3 is 9.73 Å². The van der Waals surface area contributed by atoms with Crippen LogP contribution in [0.1, 0.15) is 13.3 Å². The minimum atomic E-state index is -0.317. The van der Waals surface area contributed by atoms with E-state index in [0.29, 0.717) is 17.0 Å². The first-order valence-corrected chi connectivity index (χ1v) is 8.91. The number of rotatable bonds is 5. The number of hydrogen-bond acceptors (Lipinski definition) is 5.